The first kappa shape index (κ1) is 14.4. The fourth-order valence-corrected chi connectivity index (χ4v) is 2.86. The summed E-state index contributed by atoms with van der Waals surface area (Å²) >= 11 is 1.56. The average molecular weight is 259 g/mol. The van der Waals surface area contributed by atoms with Crippen LogP contribution in [0, 0.1) is 5.41 Å². The number of carboxylic acids is 1. The van der Waals surface area contributed by atoms with Gasteiger partial charge in [0.1, 0.15) is 0 Å². The lowest BCUT2D eigenvalue weighted by molar-refractivity contribution is -0.138. The molecule has 0 radical (unpaired) electrons. The molecule has 1 atom stereocenters. The molecule has 1 fully saturated rings. The molecule has 17 heavy (non-hydrogen) atoms. The van der Waals surface area contributed by atoms with Gasteiger partial charge in [-0.05, 0) is 39.0 Å². The Hall–Kier alpha value is -0.710. The van der Waals surface area contributed by atoms with Gasteiger partial charge in [-0.2, -0.15) is 0 Å². The standard InChI is InChI=1S/C12H21NO3S/c1-8(2)13-11(16)9(3)17-7-12(4-5-12)6-10(14)15/h8-9H,4-7H2,1-3H3,(H,13,16)(H,14,15). The normalized spacial score (nSPS) is 18.8. The molecule has 0 saturated heterocycles. The summed E-state index contributed by atoms with van der Waals surface area (Å²) < 4.78 is 0. The number of hydrogen-bond acceptors (Lipinski definition) is 3. The van der Waals surface area contributed by atoms with E-state index in [1.807, 2.05) is 20.8 Å². The molecule has 0 aromatic carbocycles. The predicted octanol–water partition coefficient (Wildman–Crippen LogP) is 1.89. The minimum atomic E-state index is -0.734. The van der Waals surface area contributed by atoms with Crippen molar-refractivity contribution in [3.63, 3.8) is 0 Å². The molecule has 0 aromatic rings. The summed E-state index contributed by atoms with van der Waals surface area (Å²) in [6, 6.07) is 0.152. The molecule has 1 aliphatic rings. The number of carbonyl (C=O) groups excluding carboxylic acids is 1. The molecule has 1 rings (SSSR count). The zero-order valence-electron chi connectivity index (χ0n) is 10.7. The van der Waals surface area contributed by atoms with Gasteiger partial charge in [-0.15, -0.1) is 11.8 Å². The van der Waals surface area contributed by atoms with Gasteiger partial charge in [-0.25, -0.2) is 0 Å². The minimum absolute atomic E-state index is 0.0381. The largest absolute Gasteiger partial charge is 0.481 e. The van der Waals surface area contributed by atoms with Crippen LogP contribution >= 0.6 is 11.8 Å². The van der Waals surface area contributed by atoms with Gasteiger partial charge in [0.05, 0.1) is 11.7 Å². The van der Waals surface area contributed by atoms with Crippen molar-refractivity contribution in [3.05, 3.63) is 0 Å². The Balaban J connectivity index is 2.30. The maximum atomic E-state index is 11.7. The maximum absolute atomic E-state index is 11.7. The summed E-state index contributed by atoms with van der Waals surface area (Å²) in [7, 11) is 0. The quantitative estimate of drug-likeness (QED) is 0.732. The Bertz CT molecular complexity index is 300. The molecule has 0 bridgehead atoms. The van der Waals surface area contributed by atoms with Crippen LogP contribution in [0.25, 0.3) is 0 Å². The van der Waals surface area contributed by atoms with E-state index in [1.54, 1.807) is 11.8 Å². The van der Waals surface area contributed by atoms with Crippen LogP contribution in [0.4, 0.5) is 0 Å². The molecule has 1 unspecified atom stereocenters. The summed E-state index contributed by atoms with van der Waals surface area (Å²) in [5.41, 5.74) is -0.0388. The van der Waals surface area contributed by atoms with Crippen molar-refractivity contribution in [2.75, 3.05) is 5.75 Å². The summed E-state index contributed by atoms with van der Waals surface area (Å²) in [4.78, 5) is 22.4. The Morgan fingerprint density at radius 2 is 1.94 bits per heavy atom. The lowest BCUT2D eigenvalue weighted by Gasteiger charge is -2.17. The summed E-state index contributed by atoms with van der Waals surface area (Å²) in [6.45, 7) is 5.74. The van der Waals surface area contributed by atoms with Gasteiger partial charge in [0.25, 0.3) is 0 Å². The van der Waals surface area contributed by atoms with Gasteiger partial charge in [0.15, 0.2) is 0 Å². The maximum Gasteiger partial charge on any atom is 0.303 e. The molecule has 1 aliphatic carbocycles. The highest BCUT2D eigenvalue weighted by molar-refractivity contribution is 8.00. The molecule has 1 saturated carbocycles. The molecular weight excluding hydrogens is 238 g/mol. The summed E-state index contributed by atoms with van der Waals surface area (Å²) in [5.74, 6) is 0.0740. The number of amides is 1. The van der Waals surface area contributed by atoms with Gasteiger partial charge in [0, 0.05) is 11.8 Å². The lowest BCUT2D eigenvalue weighted by atomic mass is 10.1. The molecule has 98 valence electrons. The van der Waals surface area contributed by atoms with Crippen LogP contribution < -0.4 is 5.32 Å². The monoisotopic (exact) mass is 259 g/mol. The molecule has 0 spiro atoms. The zero-order valence-corrected chi connectivity index (χ0v) is 11.5. The number of hydrogen-bond donors (Lipinski definition) is 2. The van der Waals surface area contributed by atoms with E-state index in [9.17, 15) is 9.59 Å². The zero-order chi connectivity index (χ0) is 13.1. The van der Waals surface area contributed by atoms with Gasteiger partial charge in [-0.1, -0.05) is 0 Å². The van der Waals surface area contributed by atoms with Crippen molar-refractivity contribution in [2.45, 2.75) is 51.3 Å². The molecule has 5 heteroatoms. The second kappa shape index (κ2) is 5.76. The van der Waals surface area contributed by atoms with Crippen molar-refractivity contribution in [1.82, 2.24) is 5.32 Å². The smallest absolute Gasteiger partial charge is 0.303 e. The van der Waals surface area contributed by atoms with Crippen molar-refractivity contribution >= 4 is 23.6 Å². The third-order valence-corrected chi connectivity index (χ3v) is 4.42. The van der Waals surface area contributed by atoms with E-state index in [1.165, 1.54) is 0 Å². The highest BCUT2D eigenvalue weighted by Gasteiger charge is 2.44. The van der Waals surface area contributed by atoms with Crippen molar-refractivity contribution in [3.8, 4) is 0 Å². The van der Waals surface area contributed by atoms with Crippen LogP contribution in [-0.2, 0) is 9.59 Å². The third kappa shape index (κ3) is 4.98. The topological polar surface area (TPSA) is 66.4 Å². The number of carbonyl (C=O) groups is 2. The fraction of sp³-hybridized carbons (Fsp3) is 0.833. The minimum Gasteiger partial charge on any atom is -0.481 e. The summed E-state index contributed by atoms with van der Waals surface area (Å²) in [5, 5.41) is 11.6. The van der Waals surface area contributed by atoms with E-state index in [4.69, 9.17) is 5.11 Å². The first-order valence-electron chi connectivity index (χ1n) is 5.98. The lowest BCUT2D eigenvalue weighted by Crippen LogP contribution is -2.36. The van der Waals surface area contributed by atoms with E-state index < -0.39 is 5.97 Å². The Labute approximate surface area is 107 Å². The van der Waals surface area contributed by atoms with Crippen LogP contribution in [0.15, 0.2) is 0 Å². The second-order valence-electron chi connectivity index (χ2n) is 5.19. The van der Waals surface area contributed by atoms with Crippen molar-refractivity contribution in [2.24, 2.45) is 5.41 Å². The molecule has 0 aromatic heterocycles. The summed E-state index contributed by atoms with van der Waals surface area (Å²) in [6.07, 6.45) is 2.19. The van der Waals surface area contributed by atoms with Crippen molar-refractivity contribution < 1.29 is 14.7 Å². The molecule has 4 nitrogen and oxygen atoms in total. The Morgan fingerprint density at radius 1 is 1.35 bits per heavy atom. The SMILES string of the molecule is CC(C)NC(=O)C(C)SCC1(CC(=O)O)CC1. The van der Waals surface area contributed by atoms with E-state index in [-0.39, 0.29) is 29.0 Å². The van der Waals surface area contributed by atoms with E-state index in [2.05, 4.69) is 5.32 Å². The molecule has 0 heterocycles. The van der Waals surface area contributed by atoms with E-state index >= 15 is 0 Å². The highest BCUT2D eigenvalue weighted by atomic mass is 32.2. The first-order valence-corrected chi connectivity index (χ1v) is 7.03. The van der Waals surface area contributed by atoms with Gasteiger partial charge >= 0.3 is 5.97 Å². The van der Waals surface area contributed by atoms with Crippen molar-refractivity contribution in [1.29, 1.82) is 0 Å². The van der Waals surface area contributed by atoms with Gasteiger partial charge in [0.2, 0.25) is 5.91 Å². The molecule has 2 N–H and O–H groups in total. The number of nitrogens with one attached hydrogen (secondary N) is 1. The number of thioether (sulfide) groups is 1. The highest BCUT2D eigenvalue weighted by Crippen LogP contribution is 2.51. The van der Waals surface area contributed by atoms with Gasteiger partial charge < -0.3 is 10.4 Å². The number of carboxylic acid groups (broad SMARTS) is 1. The number of rotatable bonds is 7. The van der Waals surface area contributed by atoms with Crippen LogP contribution in [0.1, 0.15) is 40.0 Å². The van der Waals surface area contributed by atoms with Crippen LogP contribution in [0.2, 0.25) is 0 Å². The van der Waals surface area contributed by atoms with Crippen LogP contribution in [0.5, 0.6) is 0 Å². The number of aliphatic carboxylic acids is 1. The van der Waals surface area contributed by atoms with Crippen LogP contribution in [0.3, 0.4) is 0 Å². The fourth-order valence-electron chi connectivity index (χ4n) is 1.65. The second-order valence-corrected chi connectivity index (χ2v) is 6.52. The van der Waals surface area contributed by atoms with Gasteiger partial charge in [-0.3, -0.25) is 9.59 Å². The predicted molar refractivity (Wildman–Crippen MR) is 69.1 cm³/mol. The molecule has 0 aliphatic heterocycles. The average Bonchev–Trinajstić information content (AvgIpc) is 2.92. The third-order valence-electron chi connectivity index (χ3n) is 2.92. The molecular formula is C12H21NO3S. The molecule has 1 amide bonds. The van der Waals surface area contributed by atoms with E-state index in [0.717, 1.165) is 18.6 Å². The van der Waals surface area contributed by atoms with E-state index in [0.29, 0.717) is 0 Å². The van der Waals surface area contributed by atoms with Crippen LogP contribution in [-0.4, -0.2) is 34.0 Å². The first-order chi connectivity index (χ1) is 7.84. The Morgan fingerprint density at radius 3 is 2.35 bits per heavy atom. The Kier molecular flexibility index (Phi) is 4.86.